The summed E-state index contributed by atoms with van der Waals surface area (Å²) in [5, 5.41) is 17.9. The van der Waals surface area contributed by atoms with Crippen LogP contribution < -0.4 is 10.6 Å². The monoisotopic (exact) mass is 643 g/mol. The van der Waals surface area contributed by atoms with Gasteiger partial charge in [-0.1, -0.05) is 93.1 Å². The molecule has 3 atom stereocenters. The summed E-state index contributed by atoms with van der Waals surface area (Å²) in [4.78, 5) is 45.0. The quantitative estimate of drug-likeness (QED) is 0.140. The lowest BCUT2D eigenvalue weighted by Gasteiger charge is -2.31. The third kappa shape index (κ3) is 10.2. The minimum Gasteiger partial charge on any atom is -0.480 e. The number of benzene rings is 3. The van der Waals surface area contributed by atoms with Crippen molar-refractivity contribution in [2.75, 3.05) is 25.1 Å². The molecule has 0 fully saturated rings. The highest BCUT2D eigenvalue weighted by Gasteiger charge is 2.26. The maximum Gasteiger partial charge on any atom is 0.326 e. The van der Waals surface area contributed by atoms with Gasteiger partial charge in [0.2, 0.25) is 11.8 Å². The molecule has 3 N–H and O–H groups in total. The number of carboxylic acid groups (broad SMARTS) is 1. The van der Waals surface area contributed by atoms with Crippen LogP contribution in [0, 0.1) is 5.92 Å². The van der Waals surface area contributed by atoms with Gasteiger partial charge in [0.15, 0.2) is 0 Å². The largest absolute Gasteiger partial charge is 0.480 e. The number of aromatic nitrogens is 2. The fraction of sp³-hybridized carbons (Fsp3) is 0.389. The molecular formula is C36H45N5O4S. The van der Waals surface area contributed by atoms with Crippen molar-refractivity contribution in [2.24, 2.45) is 5.92 Å². The Bertz CT molecular complexity index is 1570. The van der Waals surface area contributed by atoms with E-state index < -0.39 is 12.0 Å². The second-order valence-corrected chi connectivity index (χ2v) is 12.8. The minimum atomic E-state index is -1.04. The first kappa shape index (κ1) is 34.7. The van der Waals surface area contributed by atoms with Gasteiger partial charge in [-0.2, -0.15) is 11.8 Å². The topological polar surface area (TPSA) is 117 Å². The first-order valence-electron chi connectivity index (χ1n) is 15.8. The average Bonchev–Trinajstić information content (AvgIpc) is 3.48. The number of aliphatic carboxylic acids is 1. The normalized spacial score (nSPS) is 13.3. The second kappa shape index (κ2) is 17.5. The molecule has 0 aliphatic carbocycles. The summed E-state index contributed by atoms with van der Waals surface area (Å²) in [6, 6.07) is 23.1. The van der Waals surface area contributed by atoms with Crippen LogP contribution in [0.25, 0.3) is 10.8 Å². The number of nitrogens with zero attached hydrogens (tertiary/aromatic N) is 3. The minimum absolute atomic E-state index is 0.00107. The molecule has 3 aromatic carbocycles. The Hall–Kier alpha value is -4.15. The lowest BCUT2D eigenvalue weighted by atomic mass is 9.97. The van der Waals surface area contributed by atoms with E-state index in [0.29, 0.717) is 31.8 Å². The van der Waals surface area contributed by atoms with Crippen LogP contribution >= 0.6 is 11.8 Å². The number of rotatable bonds is 18. The first-order valence-corrected chi connectivity index (χ1v) is 17.2. The van der Waals surface area contributed by atoms with Crippen molar-refractivity contribution < 1.29 is 19.5 Å². The molecule has 46 heavy (non-hydrogen) atoms. The van der Waals surface area contributed by atoms with E-state index >= 15 is 0 Å². The number of amides is 2. The summed E-state index contributed by atoms with van der Waals surface area (Å²) < 4.78 is 1.99. The summed E-state index contributed by atoms with van der Waals surface area (Å²) in [5.74, 6) is -0.752. The standard InChI is InChI=1S/C36H45N5O4S/c1-4-26(2)33(39-34(42)19-30-20-37-25-41(30)21-27-11-6-5-7-12-27)23-40(24-35(43)38-32(36(44)45)17-18-46-3)22-29-15-10-14-28-13-8-9-16-31(28)29/h5-16,20,25-26,32-33H,4,17-19,21-24H2,1-3H3,(H,38,43)(H,39,42)(H,44,45)/t26?,32-,33+/m0/s1. The molecule has 4 rings (SSSR count). The van der Waals surface area contributed by atoms with Crippen molar-refractivity contribution in [1.82, 2.24) is 25.1 Å². The van der Waals surface area contributed by atoms with Crippen LogP contribution in [0.5, 0.6) is 0 Å². The Kier molecular flexibility index (Phi) is 13.2. The van der Waals surface area contributed by atoms with Crippen LogP contribution in [0.1, 0.15) is 43.5 Å². The fourth-order valence-corrected chi connectivity index (χ4v) is 6.03. The van der Waals surface area contributed by atoms with E-state index in [0.717, 1.165) is 34.0 Å². The summed E-state index contributed by atoms with van der Waals surface area (Å²) in [5.41, 5.74) is 3.00. The summed E-state index contributed by atoms with van der Waals surface area (Å²) >= 11 is 1.54. The molecule has 1 heterocycles. The third-order valence-electron chi connectivity index (χ3n) is 8.35. The van der Waals surface area contributed by atoms with Gasteiger partial charge in [-0.25, -0.2) is 9.78 Å². The first-order chi connectivity index (χ1) is 22.3. The molecule has 2 amide bonds. The van der Waals surface area contributed by atoms with E-state index in [4.69, 9.17) is 0 Å². The zero-order chi connectivity index (χ0) is 32.9. The number of carbonyl (C=O) groups is 3. The molecular weight excluding hydrogens is 598 g/mol. The smallest absolute Gasteiger partial charge is 0.326 e. The van der Waals surface area contributed by atoms with Gasteiger partial charge in [-0.05, 0) is 46.2 Å². The van der Waals surface area contributed by atoms with Gasteiger partial charge in [-0.3, -0.25) is 14.5 Å². The number of fused-ring (bicyclic) bond motifs is 1. The zero-order valence-electron chi connectivity index (χ0n) is 26.9. The predicted molar refractivity (Wildman–Crippen MR) is 185 cm³/mol. The van der Waals surface area contributed by atoms with Crippen LogP contribution in [0.2, 0.25) is 0 Å². The van der Waals surface area contributed by atoms with Gasteiger partial charge in [-0.15, -0.1) is 0 Å². The van der Waals surface area contributed by atoms with Crippen molar-refractivity contribution in [1.29, 1.82) is 0 Å². The molecule has 0 aliphatic rings. The molecule has 10 heteroatoms. The van der Waals surface area contributed by atoms with Crippen molar-refractivity contribution in [3.63, 3.8) is 0 Å². The number of hydrogen-bond donors (Lipinski definition) is 3. The maximum absolute atomic E-state index is 13.5. The molecule has 1 unspecified atom stereocenters. The van der Waals surface area contributed by atoms with Crippen molar-refractivity contribution in [2.45, 2.75) is 58.3 Å². The Morgan fingerprint density at radius 2 is 1.72 bits per heavy atom. The van der Waals surface area contributed by atoms with E-state index in [1.807, 2.05) is 64.3 Å². The van der Waals surface area contributed by atoms with Gasteiger partial charge in [0.05, 0.1) is 19.3 Å². The summed E-state index contributed by atoms with van der Waals surface area (Å²) in [6.07, 6.45) is 6.75. The SMILES string of the molecule is CCC(C)[C@@H](CN(CC(=O)N[C@@H](CCSC)C(=O)O)Cc1cccc2ccccc12)NC(=O)Cc1cncn1Cc1ccccc1. The van der Waals surface area contributed by atoms with Gasteiger partial charge >= 0.3 is 5.97 Å². The van der Waals surface area contributed by atoms with Crippen LogP contribution in [-0.4, -0.2) is 74.5 Å². The Morgan fingerprint density at radius 1 is 0.978 bits per heavy atom. The summed E-state index contributed by atoms with van der Waals surface area (Å²) in [6.45, 7) is 5.69. The van der Waals surface area contributed by atoms with E-state index in [1.54, 1.807) is 24.3 Å². The van der Waals surface area contributed by atoms with Crippen molar-refractivity contribution in [3.8, 4) is 0 Å². The molecule has 244 valence electrons. The molecule has 0 bridgehead atoms. The highest BCUT2D eigenvalue weighted by molar-refractivity contribution is 7.98. The van der Waals surface area contributed by atoms with Crippen LogP contribution in [0.15, 0.2) is 85.3 Å². The number of carbonyl (C=O) groups excluding carboxylic acids is 2. The predicted octanol–water partition coefficient (Wildman–Crippen LogP) is 4.98. The van der Waals surface area contributed by atoms with Gasteiger partial charge in [0, 0.05) is 37.6 Å². The average molecular weight is 644 g/mol. The molecule has 0 aliphatic heterocycles. The fourth-order valence-electron chi connectivity index (χ4n) is 5.56. The van der Waals surface area contributed by atoms with Crippen molar-refractivity contribution >= 4 is 40.3 Å². The second-order valence-electron chi connectivity index (χ2n) is 11.8. The van der Waals surface area contributed by atoms with Gasteiger partial charge < -0.3 is 20.3 Å². The Balaban J connectivity index is 1.52. The molecule has 1 aromatic heterocycles. The highest BCUT2D eigenvalue weighted by Crippen LogP contribution is 2.21. The van der Waals surface area contributed by atoms with Crippen LogP contribution in [0.4, 0.5) is 0 Å². The number of hydrogen-bond acceptors (Lipinski definition) is 6. The van der Waals surface area contributed by atoms with E-state index in [-0.39, 0.29) is 36.7 Å². The molecule has 0 saturated heterocycles. The van der Waals surface area contributed by atoms with Crippen molar-refractivity contribution in [3.05, 3.63) is 102 Å². The molecule has 4 aromatic rings. The van der Waals surface area contributed by atoms with E-state index in [2.05, 4.69) is 53.7 Å². The lowest BCUT2D eigenvalue weighted by molar-refractivity contribution is -0.142. The number of nitrogens with one attached hydrogen (secondary N) is 2. The van der Waals surface area contributed by atoms with Gasteiger partial charge in [0.1, 0.15) is 6.04 Å². The highest BCUT2D eigenvalue weighted by atomic mass is 32.2. The molecule has 0 radical (unpaired) electrons. The molecule has 9 nitrogen and oxygen atoms in total. The van der Waals surface area contributed by atoms with Gasteiger partial charge in [0.25, 0.3) is 0 Å². The number of imidazole rings is 1. The summed E-state index contributed by atoms with van der Waals surface area (Å²) in [7, 11) is 0. The number of thioether (sulfide) groups is 1. The van der Waals surface area contributed by atoms with E-state index in [1.165, 1.54) is 0 Å². The maximum atomic E-state index is 13.5. The molecule has 0 saturated carbocycles. The zero-order valence-corrected chi connectivity index (χ0v) is 27.7. The lowest BCUT2D eigenvalue weighted by Crippen LogP contribution is -2.51. The Labute approximate surface area is 275 Å². The number of carboxylic acids is 1. The molecule has 0 spiro atoms. The van der Waals surface area contributed by atoms with Crippen LogP contribution in [-0.2, 0) is 33.9 Å². The third-order valence-corrected chi connectivity index (χ3v) is 9.00. The van der Waals surface area contributed by atoms with Crippen LogP contribution in [0.3, 0.4) is 0 Å². The Morgan fingerprint density at radius 3 is 2.46 bits per heavy atom. The van der Waals surface area contributed by atoms with E-state index in [9.17, 15) is 19.5 Å².